The molecule has 1 heterocycles. The van der Waals surface area contributed by atoms with Crippen LogP contribution in [-0.4, -0.2) is 41.9 Å². The van der Waals surface area contributed by atoms with Crippen LogP contribution >= 0.6 is 11.8 Å². The first-order valence-corrected chi connectivity index (χ1v) is 6.94. The van der Waals surface area contributed by atoms with Crippen molar-refractivity contribution in [3.63, 3.8) is 0 Å². The first-order chi connectivity index (χ1) is 8.20. The summed E-state index contributed by atoms with van der Waals surface area (Å²) in [5, 5.41) is 3.60. The Morgan fingerprint density at radius 3 is 2.71 bits per heavy atom. The van der Waals surface area contributed by atoms with Crippen molar-refractivity contribution >= 4 is 23.4 Å². The molecular weight excluding hydrogens is 232 g/mol. The van der Waals surface area contributed by atoms with Gasteiger partial charge in [-0.15, -0.1) is 0 Å². The fourth-order valence-corrected chi connectivity index (χ4v) is 2.98. The fourth-order valence-electron chi connectivity index (χ4n) is 1.96. The Bertz CT molecular complexity index is 391. The van der Waals surface area contributed by atoms with Crippen LogP contribution in [0.25, 0.3) is 0 Å². The number of hydrogen-bond donors (Lipinski definition) is 1. The van der Waals surface area contributed by atoms with Crippen LogP contribution in [0.3, 0.4) is 0 Å². The Labute approximate surface area is 107 Å². The van der Waals surface area contributed by atoms with Crippen molar-refractivity contribution in [1.82, 2.24) is 4.90 Å². The molecular formula is C13H18N2OS. The standard InChI is InChI=1S/C13H18N2OS/c1-10-9-15(7-8-17-10)13(16)11-3-5-12(14-2)6-4-11/h3-6,10,14H,7-9H2,1-2H3. The van der Waals surface area contributed by atoms with E-state index >= 15 is 0 Å². The number of benzene rings is 1. The molecule has 1 amide bonds. The second-order valence-electron chi connectivity index (χ2n) is 4.26. The van der Waals surface area contributed by atoms with Crippen molar-refractivity contribution in [1.29, 1.82) is 0 Å². The Morgan fingerprint density at radius 2 is 2.12 bits per heavy atom. The van der Waals surface area contributed by atoms with Crippen LogP contribution in [0.4, 0.5) is 5.69 Å². The Balaban J connectivity index is 2.07. The van der Waals surface area contributed by atoms with Gasteiger partial charge in [0.2, 0.25) is 0 Å². The molecule has 1 fully saturated rings. The number of amides is 1. The molecule has 0 aliphatic carbocycles. The van der Waals surface area contributed by atoms with Gasteiger partial charge in [0.25, 0.3) is 5.91 Å². The monoisotopic (exact) mass is 250 g/mol. The van der Waals surface area contributed by atoms with Crippen molar-refractivity contribution in [2.75, 3.05) is 31.2 Å². The molecule has 1 aromatic carbocycles. The van der Waals surface area contributed by atoms with Gasteiger partial charge in [-0.2, -0.15) is 11.8 Å². The maximum atomic E-state index is 12.2. The summed E-state index contributed by atoms with van der Waals surface area (Å²) in [6, 6.07) is 7.66. The normalized spacial score (nSPS) is 20.1. The number of hydrogen-bond acceptors (Lipinski definition) is 3. The minimum absolute atomic E-state index is 0.153. The largest absolute Gasteiger partial charge is 0.388 e. The molecule has 1 N–H and O–H groups in total. The number of rotatable bonds is 2. The zero-order chi connectivity index (χ0) is 12.3. The zero-order valence-electron chi connectivity index (χ0n) is 10.3. The summed E-state index contributed by atoms with van der Waals surface area (Å²) < 4.78 is 0. The smallest absolute Gasteiger partial charge is 0.253 e. The Kier molecular flexibility index (Phi) is 3.94. The number of nitrogens with one attached hydrogen (secondary N) is 1. The molecule has 4 heteroatoms. The molecule has 1 atom stereocenters. The third-order valence-electron chi connectivity index (χ3n) is 2.95. The molecule has 0 spiro atoms. The van der Waals surface area contributed by atoms with Crippen LogP contribution < -0.4 is 5.32 Å². The van der Waals surface area contributed by atoms with E-state index in [2.05, 4.69) is 12.2 Å². The molecule has 1 aliphatic rings. The molecule has 3 nitrogen and oxygen atoms in total. The summed E-state index contributed by atoms with van der Waals surface area (Å²) in [5.41, 5.74) is 1.81. The third kappa shape index (κ3) is 2.94. The molecule has 0 radical (unpaired) electrons. The first-order valence-electron chi connectivity index (χ1n) is 5.89. The highest BCUT2D eigenvalue weighted by molar-refractivity contribution is 7.99. The lowest BCUT2D eigenvalue weighted by atomic mass is 10.1. The molecule has 2 rings (SSSR count). The van der Waals surface area contributed by atoms with Gasteiger partial charge in [0.1, 0.15) is 0 Å². The van der Waals surface area contributed by atoms with E-state index < -0.39 is 0 Å². The second-order valence-corrected chi connectivity index (χ2v) is 5.81. The molecule has 1 aromatic rings. The van der Waals surface area contributed by atoms with Gasteiger partial charge in [-0.25, -0.2) is 0 Å². The van der Waals surface area contributed by atoms with Gasteiger partial charge < -0.3 is 10.2 Å². The average molecular weight is 250 g/mol. The van der Waals surface area contributed by atoms with Crippen LogP contribution in [0.5, 0.6) is 0 Å². The van der Waals surface area contributed by atoms with Gasteiger partial charge >= 0.3 is 0 Å². The van der Waals surface area contributed by atoms with Crippen molar-refractivity contribution in [3.8, 4) is 0 Å². The van der Waals surface area contributed by atoms with Gasteiger partial charge in [-0.05, 0) is 24.3 Å². The second kappa shape index (κ2) is 5.45. The summed E-state index contributed by atoms with van der Waals surface area (Å²) >= 11 is 1.94. The van der Waals surface area contributed by atoms with Crippen LogP contribution in [0.1, 0.15) is 17.3 Å². The van der Waals surface area contributed by atoms with Crippen LogP contribution in [0.15, 0.2) is 24.3 Å². The Hall–Kier alpha value is -1.16. The molecule has 92 valence electrons. The van der Waals surface area contributed by atoms with E-state index in [9.17, 15) is 4.79 Å². The van der Waals surface area contributed by atoms with Crippen molar-refractivity contribution in [2.45, 2.75) is 12.2 Å². The molecule has 17 heavy (non-hydrogen) atoms. The molecule has 1 aliphatic heterocycles. The van der Waals surface area contributed by atoms with E-state index in [-0.39, 0.29) is 5.91 Å². The number of thioether (sulfide) groups is 1. The molecule has 1 unspecified atom stereocenters. The van der Waals surface area contributed by atoms with Crippen molar-refractivity contribution < 1.29 is 4.79 Å². The lowest BCUT2D eigenvalue weighted by molar-refractivity contribution is 0.0763. The number of nitrogens with zero attached hydrogens (tertiary/aromatic N) is 1. The highest BCUT2D eigenvalue weighted by atomic mass is 32.2. The minimum Gasteiger partial charge on any atom is -0.388 e. The average Bonchev–Trinajstić information content (AvgIpc) is 2.38. The van der Waals surface area contributed by atoms with E-state index in [4.69, 9.17) is 0 Å². The summed E-state index contributed by atoms with van der Waals surface area (Å²) in [4.78, 5) is 14.2. The van der Waals surface area contributed by atoms with E-state index in [1.54, 1.807) is 0 Å². The van der Waals surface area contributed by atoms with E-state index in [0.29, 0.717) is 5.25 Å². The van der Waals surface area contributed by atoms with Crippen molar-refractivity contribution in [3.05, 3.63) is 29.8 Å². The molecule has 0 aromatic heterocycles. The minimum atomic E-state index is 0.153. The lowest BCUT2D eigenvalue weighted by Gasteiger charge is -2.30. The molecule has 1 saturated heterocycles. The van der Waals surface area contributed by atoms with Crippen molar-refractivity contribution in [2.24, 2.45) is 0 Å². The first kappa shape index (κ1) is 12.3. The zero-order valence-corrected chi connectivity index (χ0v) is 11.1. The summed E-state index contributed by atoms with van der Waals surface area (Å²) in [6.45, 7) is 3.90. The topological polar surface area (TPSA) is 32.3 Å². The van der Waals surface area contributed by atoms with Gasteiger partial charge in [-0.1, -0.05) is 6.92 Å². The highest BCUT2D eigenvalue weighted by Gasteiger charge is 2.22. The van der Waals surface area contributed by atoms with Gasteiger partial charge in [0, 0.05) is 42.4 Å². The third-order valence-corrected chi connectivity index (χ3v) is 4.09. The SMILES string of the molecule is CNc1ccc(C(=O)N2CCSC(C)C2)cc1. The number of carbonyl (C=O) groups excluding carboxylic acids is 1. The van der Waals surface area contributed by atoms with Crippen LogP contribution in [-0.2, 0) is 0 Å². The predicted octanol–water partition coefficient (Wildman–Crippen LogP) is 2.31. The quantitative estimate of drug-likeness (QED) is 0.874. The van der Waals surface area contributed by atoms with Crippen LogP contribution in [0, 0.1) is 0 Å². The maximum Gasteiger partial charge on any atom is 0.253 e. The van der Waals surface area contributed by atoms with Gasteiger partial charge in [0.15, 0.2) is 0 Å². The van der Waals surface area contributed by atoms with E-state index in [1.807, 2.05) is 48.0 Å². The van der Waals surface area contributed by atoms with E-state index in [1.165, 1.54) is 0 Å². The highest BCUT2D eigenvalue weighted by Crippen LogP contribution is 2.20. The summed E-state index contributed by atoms with van der Waals surface area (Å²) in [6.07, 6.45) is 0. The summed E-state index contributed by atoms with van der Waals surface area (Å²) in [5.74, 6) is 1.20. The summed E-state index contributed by atoms with van der Waals surface area (Å²) in [7, 11) is 1.88. The number of carbonyl (C=O) groups is 1. The number of anilines is 1. The maximum absolute atomic E-state index is 12.2. The predicted molar refractivity (Wildman–Crippen MR) is 73.8 cm³/mol. The fraction of sp³-hybridized carbons (Fsp3) is 0.462. The van der Waals surface area contributed by atoms with Gasteiger partial charge in [-0.3, -0.25) is 4.79 Å². The van der Waals surface area contributed by atoms with Crippen LogP contribution in [0.2, 0.25) is 0 Å². The van der Waals surface area contributed by atoms with Gasteiger partial charge in [0.05, 0.1) is 0 Å². The Morgan fingerprint density at radius 1 is 1.41 bits per heavy atom. The lowest BCUT2D eigenvalue weighted by Crippen LogP contribution is -2.40. The van der Waals surface area contributed by atoms with E-state index in [0.717, 1.165) is 30.1 Å². The molecule has 0 bridgehead atoms. The molecule has 0 saturated carbocycles.